The van der Waals surface area contributed by atoms with Crippen LogP contribution >= 0.6 is 11.3 Å². The van der Waals surface area contributed by atoms with Gasteiger partial charge in [0.05, 0.1) is 18.9 Å². The highest BCUT2D eigenvalue weighted by atomic mass is 32.1. The van der Waals surface area contributed by atoms with E-state index in [0.717, 1.165) is 16.7 Å². The van der Waals surface area contributed by atoms with Crippen LogP contribution in [0.4, 0.5) is 5.69 Å². The van der Waals surface area contributed by atoms with E-state index in [9.17, 15) is 15.0 Å². The number of aliphatic hydroxyl groups is 1. The molecule has 1 aliphatic heterocycles. The van der Waals surface area contributed by atoms with Gasteiger partial charge in [-0.3, -0.25) is 4.79 Å². The Bertz CT molecular complexity index is 1050. The highest BCUT2D eigenvalue weighted by Gasteiger charge is 2.29. The summed E-state index contributed by atoms with van der Waals surface area (Å²) in [6, 6.07) is 16.1. The molecule has 3 aromatic rings. The fourth-order valence-corrected chi connectivity index (χ4v) is 4.05. The number of aliphatic hydroxyl groups excluding tert-OH is 1. The zero-order valence-electron chi connectivity index (χ0n) is 16.7. The van der Waals surface area contributed by atoms with Crippen molar-refractivity contribution >= 4 is 22.9 Å². The zero-order valence-corrected chi connectivity index (χ0v) is 17.5. The fourth-order valence-electron chi connectivity index (χ4n) is 3.33. The molecule has 0 aliphatic carbocycles. The second-order valence-electron chi connectivity index (χ2n) is 7.23. The Balaban J connectivity index is 1.48. The van der Waals surface area contributed by atoms with Crippen molar-refractivity contribution in [3.8, 4) is 5.75 Å². The summed E-state index contributed by atoms with van der Waals surface area (Å²) in [5.74, 6) is -0.318. The van der Waals surface area contributed by atoms with Gasteiger partial charge in [0.1, 0.15) is 5.75 Å². The maximum atomic E-state index is 12.8. The van der Waals surface area contributed by atoms with Crippen LogP contribution in [0.25, 0.3) is 0 Å². The first-order valence-corrected chi connectivity index (χ1v) is 10.9. The molecular weight excluding hydrogens is 414 g/mol. The quantitative estimate of drug-likeness (QED) is 0.473. The molecule has 2 aromatic carbocycles. The number of allylic oxidation sites excluding steroid dienone is 1. The van der Waals surface area contributed by atoms with Crippen molar-refractivity contribution in [2.24, 2.45) is 0 Å². The van der Waals surface area contributed by atoms with Crippen LogP contribution in [0.1, 0.15) is 29.0 Å². The Kier molecular flexibility index (Phi) is 6.66. The molecule has 0 radical (unpaired) electrons. The van der Waals surface area contributed by atoms with E-state index in [-0.39, 0.29) is 24.0 Å². The molecule has 31 heavy (non-hydrogen) atoms. The number of rotatable bonds is 7. The number of para-hydroxylation sites is 2. The smallest absolute Gasteiger partial charge is 0.290 e. The largest absolute Gasteiger partial charge is 0.506 e. The van der Waals surface area contributed by atoms with Gasteiger partial charge in [-0.25, -0.2) is 0 Å². The van der Waals surface area contributed by atoms with E-state index in [1.807, 2.05) is 35.7 Å². The highest BCUT2D eigenvalue weighted by Crippen LogP contribution is 2.33. The van der Waals surface area contributed by atoms with Gasteiger partial charge in [0.2, 0.25) is 6.29 Å². The summed E-state index contributed by atoms with van der Waals surface area (Å²) in [5.41, 5.74) is 3.20. The lowest BCUT2D eigenvalue weighted by Crippen LogP contribution is -2.29. The summed E-state index contributed by atoms with van der Waals surface area (Å²) in [4.78, 5) is 12.8. The number of phenols is 1. The predicted molar refractivity (Wildman–Crippen MR) is 119 cm³/mol. The lowest BCUT2D eigenvalue weighted by atomic mass is 9.95. The Labute approximate surface area is 184 Å². The van der Waals surface area contributed by atoms with Gasteiger partial charge in [-0.1, -0.05) is 36.4 Å². The van der Waals surface area contributed by atoms with Crippen LogP contribution in [0, 0.1) is 0 Å². The number of hydrogen-bond donors (Lipinski definition) is 3. The molecule has 6 nitrogen and oxygen atoms in total. The number of aromatic hydroxyl groups is 1. The van der Waals surface area contributed by atoms with Crippen molar-refractivity contribution in [2.75, 3.05) is 5.32 Å². The maximum Gasteiger partial charge on any atom is 0.290 e. The van der Waals surface area contributed by atoms with E-state index in [2.05, 4.69) is 10.7 Å². The number of phenolic OH excluding ortho intramolecular Hbond substituents is 1. The maximum absolute atomic E-state index is 12.8. The molecule has 0 saturated heterocycles. The van der Waals surface area contributed by atoms with Crippen molar-refractivity contribution in [1.82, 2.24) is 0 Å². The molecular formula is C24H23NO5S. The lowest BCUT2D eigenvalue weighted by molar-refractivity contribution is -0.147. The number of ether oxygens (including phenoxy) is 2. The Morgan fingerprint density at radius 2 is 1.90 bits per heavy atom. The molecule has 7 heteroatoms. The van der Waals surface area contributed by atoms with Gasteiger partial charge in [-0.15, -0.1) is 0 Å². The average molecular weight is 438 g/mol. The number of hydrogen-bond acceptors (Lipinski definition) is 6. The molecule has 0 fully saturated rings. The number of amides is 1. The number of thiophene rings is 1. The molecule has 1 amide bonds. The van der Waals surface area contributed by atoms with Crippen molar-refractivity contribution in [3.05, 3.63) is 93.9 Å². The van der Waals surface area contributed by atoms with Crippen molar-refractivity contribution < 1.29 is 24.5 Å². The van der Waals surface area contributed by atoms with Crippen molar-refractivity contribution in [1.29, 1.82) is 0 Å². The third kappa shape index (κ3) is 5.32. The van der Waals surface area contributed by atoms with Crippen LogP contribution in [0.5, 0.6) is 5.75 Å². The SMILES string of the molecule is O=C(Nc1ccccc1O)C1=C[C@@H](c2ccsc2)C[C@@H](OCc2ccc(CO)cc2)O1. The summed E-state index contributed by atoms with van der Waals surface area (Å²) < 4.78 is 11.8. The molecule has 0 spiro atoms. The Morgan fingerprint density at radius 3 is 2.61 bits per heavy atom. The standard InChI is InChI=1S/C24H23NO5S/c26-13-16-5-7-17(8-6-16)14-29-23-12-19(18-9-10-31-15-18)11-22(30-23)24(28)25-20-3-1-2-4-21(20)27/h1-11,15,19,23,26-27H,12-14H2,(H,25,28)/t19-,23+/m1/s1. The van der Waals surface area contributed by atoms with Crippen LogP contribution in [-0.2, 0) is 27.5 Å². The number of nitrogens with one attached hydrogen (secondary N) is 1. The molecule has 2 heterocycles. The van der Waals surface area contributed by atoms with Gasteiger partial charge < -0.3 is 25.0 Å². The van der Waals surface area contributed by atoms with Crippen LogP contribution in [-0.4, -0.2) is 22.4 Å². The van der Waals surface area contributed by atoms with Crippen LogP contribution in [0.2, 0.25) is 0 Å². The topological polar surface area (TPSA) is 88.0 Å². The van der Waals surface area contributed by atoms with Crippen molar-refractivity contribution in [2.45, 2.75) is 31.8 Å². The third-order valence-electron chi connectivity index (χ3n) is 5.05. The predicted octanol–water partition coefficient (Wildman–Crippen LogP) is 4.52. The molecule has 160 valence electrons. The van der Waals surface area contributed by atoms with Gasteiger partial charge in [0.25, 0.3) is 5.91 Å². The summed E-state index contributed by atoms with van der Waals surface area (Å²) in [6.45, 7) is 0.316. The summed E-state index contributed by atoms with van der Waals surface area (Å²) in [7, 11) is 0. The number of anilines is 1. The van der Waals surface area contributed by atoms with Gasteiger partial charge in [-0.2, -0.15) is 11.3 Å². The molecule has 0 bridgehead atoms. The Morgan fingerprint density at radius 1 is 1.13 bits per heavy atom. The second-order valence-corrected chi connectivity index (χ2v) is 8.01. The van der Waals surface area contributed by atoms with E-state index in [4.69, 9.17) is 9.47 Å². The van der Waals surface area contributed by atoms with E-state index < -0.39 is 12.2 Å². The average Bonchev–Trinajstić information content (AvgIpc) is 3.34. The molecule has 2 atom stereocenters. The zero-order chi connectivity index (χ0) is 21.6. The normalized spacial score (nSPS) is 18.2. The van der Waals surface area contributed by atoms with Gasteiger partial charge in [-0.05, 0) is 51.7 Å². The fraction of sp³-hybridized carbons (Fsp3) is 0.208. The van der Waals surface area contributed by atoms with E-state index in [1.165, 1.54) is 6.07 Å². The van der Waals surface area contributed by atoms with Crippen LogP contribution < -0.4 is 5.32 Å². The number of carbonyl (C=O) groups excluding carboxylic acids is 1. The summed E-state index contributed by atoms with van der Waals surface area (Å²) >= 11 is 1.60. The minimum Gasteiger partial charge on any atom is -0.506 e. The van der Waals surface area contributed by atoms with E-state index in [0.29, 0.717) is 18.7 Å². The summed E-state index contributed by atoms with van der Waals surface area (Å²) in [6.07, 6.45) is 1.78. The molecule has 1 aromatic heterocycles. The number of carbonyl (C=O) groups is 1. The molecule has 0 saturated carbocycles. The van der Waals surface area contributed by atoms with E-state index in [1.54, 1.807) is 35.6 Å². The Hall–Kier alpha value is -3.13. The molecule has 1 aliphatic rings. The van der Waals surface area contributed by atoms with Crippen molar-refractivity contribution in [3.63, 3.8) is 0 Å². The second kappa shape index (κ2) is 9.78. The first kappa shape index (κ1) is 21.1. The molecule has 4 rings (SSSR count). The molecule has 0 unspecified atom stereocenters. The summed E-state index contributed by atoms with van der Waals surface area (Å²) in [5, 5.41) is 25.9. The third-order valence-corrected chi connectivity index (χ3v) is 5.75. The number of benzene rings is 2. The van der Waals surface area contributed by atoms with Gasteiger partial charge >= 0.3 is 0 Å². The lowest BCUT2D eigenvalue weighted by Gasteiger charge is -2.29. The highest BCUT2D eigenvalue weighted by molar-refractivity contribution is 7.08. The minimum atomic E-state index is -0.600. The van der Waals surface area contributed by atoms with Crippen LogP contribution in [0.3, 0.4) is 0 Å². The first-order chi connectivity index (χ1) is 15.1. The molecule has 3 N–H and O–H groups in total. The van der Waals surface area contributed by atoms with Crippen LogP contribution in [0.15, 0.2) is 77.2 Å². The monoisotopic (exact) mass is 437 g/mol. The van der Waals surface area contributed by atoms with Gasteiger partial charge in [0, 0.05) is 12.3 Å². The first-order valence-electron chi connectivity index (χ1n) is 9.92. The van der Waals surface area contributed by atoms with E-state index >= 15 is 0 Å². The van der Waals surface area contributed by atoms with Gasteiger partial charge in [0.15, 0.2) is 5.76 Å². The minimum absolute atomic E-state index is 0.00453.